The average Bonchev–Trinajstić information content (AvgIpc) is 3.24. The minimum absolute atomic E-state index is 0.150. The van der Waals surface area contributed by atoms with Crippen LogP contribution in [0.15, 0.2) is 22.5 Å². The van der Waals surface area contributed by atoms with Crippen molar-refractivity contribution in [3.63, 3.8) is 0 Å². The summed E-state index contributed by atoms with van der Waals surface area (Å²) in [6, 6.07) is 8.15. The number of carbonyl (C=O) groups excluding carboxylic acids is 1. The topological polar surface area (TPSA) is 105 Å². The zero-order chi connectivity index (χ0) is 20.9. The van der Waals surface area contributed by atoms with Crippen LogP contribution >= 0.6 is 23.1 Å². The highest BCUT2D eigenvalue weighted by Gasteiger charge is 2.54. The quantitative estimate of drug-likeness (QED) is 0.699. The van der Waals surface area contributed by atoms with E-state index >= 15 is 0 Å². The lowest BCUT2D eigenvalue weighted by molar-refractivity contribution is -0.410. The molecule has 0 radical (unpaired) electrons. The Morgan fingerprint density at radius 3 is 2.33 bits per heavy atom. The molecule has 152 valence electrons. The van der Waals surface area contributed by atoms with Crippen LogP contribution in [0, 0.1) is 45.8 Å². The van der Waals surface area contributed by atoms with E-state index in [1.807, 2.05) is 17.5 Å². The van der Waals surface area contributed by atoms with Gasteiger partial charge in [0.1, 0.15) is 23.5 Å². The third-order valence-corrected chi connectivity index (χ3v) is 9.10. The number of H-pyrrole nitrogens is 1. The van der Waals surface area contributed by atoms with Crippen molar-refractivity contribution in [3.05, 3.63) is 28.6 Å². The van der Waals surface area contributed by atoms with E-state index in [2.05, 4.69) is 17.1 Å². The molecule has 0 aliphatic heterocycles. The van der Waals surface area contributed by atoms with Crippen LogP contribution in [0.25, 0.3) is 10.4 Å². The van der Waals surface area contributed by atoms with Crippen LogP contribution in [0.3, 0.4) is 0 Å². The van der Waals surface area contributed by atoms with Crippen LogP contribution in [0.1, 0.15) is 49.7 Å². The fourth-order valence-corrected chi connectivity index (χ4v) is 8.20. The van der Waals surface area contributed by atoms with Gasteiger partial charge in [-0.15, -0.1) is 11.3 Å². The van der Waals surface area contributed by atoms with Gasteiger partial charge in [0.15, 0.2) is 10.6 Å². The number of hydrogen-bond acceptors (Lipinski definition) is 6. The van der Waals surface area contributed by atoms with Crippen molar-refractivity contribution in [1.29, 1.82) is 10.5 Å². The molecule has 2 heterocycles. The van der Waals surface area contributed by atoms with Gasteiger partial charge < -0.3 is 0 Å². The molecule has 2 aromatic heterocycles. The van der Waals surface area contributed by atoms with Gasteiger partial charge in [0.2, 0.25) is 0 Å². The van der Waals surface area contributed by atoms with Crippen molar-refractivity contribution in [1.82, 2.24) is 0 Å². The van der Waals surface area contributed by atoms with Crippen LogP contribution < -0.4 is 10.7 Å². The van der Waals surface area contributed by atoms with Gasteiger partial charge in [-0.1, -0.05) is 17.8 Å². The molecule has 4 aliphatic rings. The predicted molar refractivity (Wildman–Crippen MR) is 116 cm³/mol. The lowest BCUT2D eigenvalue weighted by Gasteiger charge is -2.56. The van der Waals surface area contributed by atoms with E-state index in [1.165, 1.54) is 42.4 Å². The first-order valence-corrected chi connectivity index (χ1v) is 12.3. The van der Waals surface area contributed by atoms with Crippen LogP contribution in [0.5, 0.6) is 0 Å². The molecule has 0 unspecified atom stereocenters. The highest BCUT2D eigenvalue weighted by Crippen LogP contribution is 2.60. The number of Topliss-reactive ketones (excluding diaryl/α,β-unsaturated/α-hetero) is 1. The molecule has 0 atom stereocenters. The van der Waals surface area contributed by atoms with Crippen molar-refractivity contribution in [2.75, 3.05) is 11.5 Å². The Bertz CT molecular complexity index is 1060. The number of anilines is 1. The Hall–Kier alpha value is -2.35. The summed E-state index contributed by atoms with van der Waals surface area (Å²) in [7, 11) is 0. The number of rotatable bonds is 5. The zero-order valence-electron chi connectivity index (χ0n) is 16.6. The number of nitrogen functional groups attached to an aromatic ring is 1. The number of nitrogens with zero attached hydrogens (tertiary/aromatic N) is 2. The van der Waals surface area contributed by atoms with Gasteiger partial charge in [0.05, 0.1) is 5.75 Å². The fraction of sp³-hybridized carbons (Fsp3) is 0.478. The predicted octanol–water partition coefficient (Wildman–Crippen LogP) is 4.43. The molecule has 2 aromatic rings. The maximum atomic E-state index is 13.4. The molecule has 0 saturated heterocycles. The fourth-order valence-electron chi connectivity index (χ4n) is 6.36. The second-order valence-corrected chi connectivity index (χ2v) is 11.0. The summed E-state index contributed by atoms with van der Waals surface area (Å²) >= 11 is 2.83. The summed E-state index contributed by atoms with van der Waals surface area (Å²) in [4.78, 5) is 17.2. The van der Waals surface area contributed by atoms with E-state index in [-0.39, 0.29) is 16.8 Å². The summed E-state index contributed by atoms with van der Waals surface area (Å²) in [6.45, 7) is 0. The monoisotopic (exact) mass is 435 g/mol. The Morgan fingerprint density at radius 1 is 1.17 bits per heavy atom. The molecule has 6 rings (SSSR count). The second-order valence-electron chi connectivity index (χ2n) is 9.10. The molecule has 4 saturated carbocycles. The molecule has 3 N–H and O–H groups in total. The Morgan fingerprint density at radius 2 is 1.80 bits per heavy atom. The highest BCUT2D eigenvalue weighted by molar-refractivity contribution is 7.99. The van der Waals surface area contributed by atoms with E-state index in [0.29, 0.717) is 27.7 Å². The number of ketones is 1. The molecule has 7 heteroatoms. The highest BCUT2D eigenvalue weighted by atomic mass is 32.2. The largest absolute Gasteiger partial charge is 0.298 e. The number of nitrogens with one attached hydrogen (secondary N) is 1. The number of carbonyl (C=O) groups is 1. The van der Waals surface area contributed by atoms with Crippen molar-refractivity contribution < 1.29 is 9.78 Å². The van der Waals surface area contributed by atoms with Gasteiger partial charge in [0.25, 0.3) is 5.82 Å². The normalized spacial score (nSPS) is 28.8. The van der Waals surface area contributed by atoms with Crippen LogP contribution in [-0.2, 0) is 4.79 Å². The summed E-state index contributed by atoms with van der Waals surface area (Å²) in [5.41, 5.74) is 7.23. The minimum atomic E-state index is -0.150. The van der Waals surface area contributed by atoms with Crippen LogP contribution in [0.4, 0.5) is 5.82 Å². The van der Waals surface area contributed by atoms with E-state index in [9.17, 15) is 15.3 Å². The van der Waals surface area contributed by atoms with Crippen molar-refractivity contribution in [3.8, 4) is 22.6 Å². The third kappa shape index (κ3) is 3.12. The van der Waals surface area contributed by atoms with E-state index in [0.717, 1.165) is 41.9 Å². The molecule has 0 amide bonds. The number of aromatic nitrogens is 1. The Balaban J connectivity index is 1.44. The number of nitriles is 2. The summed E-state index contributed by atoms with van der Waals surface area (Å²) < 4.78 is 0. The number of pyridine rings is 1. The number of thioether (sulfide) groups is 1. The van der Waals surface area contributed by atoms with Crippen LogP contribution in [0.2, 0.25) is 0 Å². The summed E-state index contributed by atoms with van der Waals surface area (Å²) in [6.07, 6.45) is 7.06. The van der Waals surface area contributed by atoms with Gasteiger partial charge >= 0.3 is 0 Å². The molecule has 0 aromatic carbocycles. The maximum Gasteiger partial charge on any atom is 0.289 e. The van der Waals surface area contributed by atoms with Gasteiger partial charge in [-0.2, -0.15) is 10.5 Å². The molecular weight excluding hydrogens is 412 g/mol. The second kappa shape index (κ2) is 7.41. The van der Waals surface area contributed by atoms with E-state index in [4.69, 9.17) is 5.73 Å². The smallest absolute Gasteiger partial charge is 0.289 e. The van der Waals surface area contributed by atoms with Crippen molar-refractivity contribution in [2.45, 2.75) is 43.6 Å². The lowest BCUT2D eigenvalue weighted by Crippen LogP contribution is -2.50. The standard InChI is InChI=1S/C23H22N4OS2/c24-10-16-20(18-2-1-3-29-18)17(11-25)22(27-21(16)26)30-12-19(28)23-7-13-4-14(8-23)6-15(5-13)9-23/h1-3,13-15H,4-9,12H2,(H2,26,27)/p+1. The average molecular weight is 436 g/mol. The molecule has 4 fully saturated rings. The number of thiophene rings is 1. The molecule has 4 bridgehead atoms. The maximum absolute atomic E-state index is 13.4. The Kier molecular flexibility index (Phi) is 4.84. The molecule has 5 nitrogen and oxygen atoms in total. The molecule has 4 aliphatic carbocycles. The van der Waals surface area contributed by atoms with Gasteiger partial charge in [-0.25, -0.2) is 4.98 Å². The molecule has 30 heavy (non-hydrogen) atoms. The van der Waals surface area contributed by atoms with E-state index < -0.39 is 0 Å². The van der Waals surface area contributed by atoms with Gasteiger partial charge in [-0.3, -0.25) is 10.5 Å². The summed E-state index contributed by atoms with van der Waals surface area (Å²) in [5, 5.41) is 22.0. The SMILES string of the molecule is N#Cc1c(N)[nH+]c(SCC(=O)C23CC4CC(CC(C4)C2)C3)c(C#N)c1-c1cccs1. The molecule has 0 spiro atoms. The molecular formula is C23H23N4OS2+. The first-order chi connectivity index (χ1) is 14.5. The van der Waals surface area contributed by atoms with Crippen molar-refractivity contribution in [2.24, 2.45) is 23.2 Å². The Labute approximate surface area is 184 Å². The minimum Gasteiger partial charge on any atom is -0.298 e. The first-order valence-electron chi connectivity index (χ1n) is 10.4. The number of nitrogens with two attached hydrogens (primary N) is 1. The van der Waals surface area contributed by atoms with Gasteiger partial charge in [-0.05, 0) is 67.7 Å². The van der Waals surface area contributed by atoms with Crippen LogP contribution in [-0.4, -0.2) is 11.5 Å². The summed E-state index contributed by atoms with van der Waals surface area (Å²) in [5.74, 6) is 3.08. The third-order valence-electron chi connectivity index (χ3n) is 7.21. The first kappa shape index (κ1) is 19.6. The number of hydrogen-bond donors (Lipinski definition) is 1. The van der Waals surface area contributed by atoms with E-state index in [1.54, 1.807) is 0 Å². The lowest BCUT2D eigenvalue weighted by atomic mass is 9.48. The number of aromatic amines is 1. The van der Waals surface area contributed by atoms with Crippen molar-refractivity contribution >= 4 is 34.7 Å². The zero-order valence-corrected chi connectivity index (χ0v) is 18.2. The van der Waals surface area contributed by atoms with Gasteiger partial charge in [0, 0.05) is 15.9 Å².